The van der Waals surface area contributed by atoms with Crippen molar-refractivity contribution in [2.75, 3.05) is 6.61 Å². The zero-order valence-electron chi connectivity index (χ0n) is 7.85. The molecule has 1 saturated heterocycles. The molecule has 1 rings (SSSR count). The van der Waals surface area contributed by atoms with Crippen LogP contribution in [0, 0.1) is 47.4 Å². The van der Waals surface area contributed by atoms with Gasteiger partial charge in [-0.25, -0.2) is 0 Å². The maximum Gasteiger partial charge on any atom is 0.142 e. The molecule has 0 aliphatic carbocycles. The Bertz CT molecular complexity index is 448. The van der Waals surface area contributed by atoms with Crippen molar-refractivity contribution in [2.24, 2.45) is 0 Å². The Morgan fingerprint density at radius 3 is 2.36 bits per heavy atom. The third-order valence-electron chi connectivity index (χ3n) is 1.20. The molecule has 1 aliphatic heterocycles. The molecule has 0 unspecified atom stereocenters. The summed E-state index contributed by atoms with van der Waals surface area (Å²) in [4.78, 5) is 0. The van der Waals surface area contributed by atoms with E-state index in [-0.39, 0.29) is 6.10 Å². The molecule has 1 nitrogen and oxygen atoms in total. The average molecular weight is 180 g/mol. The first-order chi connectivity index (χ1) is 6.93. The predicted octanol–water partition coefficient (Wildman–Crippen LogP) is 0.975. The molecule has 1 aliphatic rings. The number of allylic oxidation sites excluding steroid dienone is 2. The van der Waals surface area contributed by atoms with Crippen LogP contribution in [0.2, 0.25) is 0 Å². The summed E-state index contributed by atoms with van der Waals surface area (Å²) in [5.74, 6) is 21.1. The fourth-order valence-electron chi connectivity index (χ4n) is 0.534. The van der Waals surface area contributed by atoms with E-state index < -0.39 is 0 Å². The van der Waals surface area contributed by atoms with Crippen molar-refractivity contribution in [3.05, 3.63) is 12.2 Å². The number of hydrogen-bond acceptors (Lipinski definition) is 1. The molecule has 0 N–H and O–H groups in total. The van der Waals surface area contributed by atoms with Gasteiger partial charge >= 0.3 is 0 Å². The van der Waals surface area contributed by atoms with Crippen molar-refractivity contribution < 1.29 is 4.74 Å². The highest BCUT2D eigenvalue weighted by Gasteiger charge is 2.18. The van der Waals surface area contributed by atoms with E-state index in [9.17, 15) is 0 Å². The molecule has 0 aromatic carbocycles. The van der Waals surface area contributed by atoms with Crippen LogP contribution in [0.4, 0.5) is 0 Å². The van der Waals surface area contributed by atoms with Crippen LogP contribution < -0.4 is 0 Å². The highest BCUT2D eigenvalue weighted by molar-refractivity contribution is 5.41. The zero-order valence-corrected chi connectivity index (χ0v) is 7.85. The molecule has 0 radical (unpaired) electrons. The first-order valence-electron chi connectivity index (χ1n) is 4.17. The second-order valence-corrected chi connectivity index (χ2v) is 2.36. The Kier molecular flexibility index (Phi) is 4.62. The predicted molar refractivity (Wildman–Crippen MR) is 55.7 cm³/mol. The molecule has 0 bridgehead atoms. The van der Waals surface area contributed by atoms with Gasteiger partial charge in [-0.2, -0.15) is 0 Å². The average Bonchev–Trinajstić information content (AvgIpc) is 2.99. The molecule has 0 amide bonds. The number of epoxide rings is 1. The van der Waals surface area contributed by atoms with Crippen LogP contribution >= 0.6 is 0 Å². The van der Waals surface area contributed by atoms with Crippen molar-refractivity contribution in [3.8, 4) is 47.4 Å². The second-order valence-electron chi connectivity index (χ2n) is 2.36. The first-order valence-corrected chi connectivity index (χ1v) is 4.17. The lowest BCUT2D eigenvalue weighted by atomic mass is 10.4. The monoisotopic (exact) mass is 180 g/mol. The van der Waals surface area contributed by atoms with E-state index in [4.69, 9.17) is 4.74 Å². The highest BCUT2D eigenvalue weighted by atomic mass is 16.6. The van der Waals surface area contributed by atoms with Gasteiger partial charge in [0, 0.05) is 0 Å². The number of rotatable bonds is 0. The van der Waals surface area contributed by atoms with E-state index >= 15 is 0 Å². The zero-order chi connectivity index (χ0) is 10.1. The topological polar surface area (TPSA) is 12.5 Å². The van der Waals surface area contributed by atoms with Gasteiger partial charge in [0.25, 0.3) is 0 Å². The lowest BCUT2D eigenvalue weighted by Gasteiger charge is -1.61. The van der Waals surface area contributed by atoms with Crippen LogP contribution in [0.25, 0.3) is 0 Å². The third-order valence-corrected chi connectivity index (χ3v) is 1.20. The molecule has 0 aromatic heterocycles. The van der Waals surface area contributed by atoms with Crippen molar-refractivity contribution >= 4 is 0 Å². The Balaban J connectivity index is 2.31. The quantitative estimate of drug-likeness (QED) is 0.400. The van der Waals surface area contributed by atoms with Gasteiger partial charge in [0.2, 0.25) is 0 Å². The molecular weight excluding hydrogens is 172 g/mol. The summed E-state index contributed by atoms with van der Waals surface area (Å²) in [7, 11) is 0. The number of ether oxygens (including phenoxy) is 1. The second kappa shape index (κ2) is 6.46. The Hall–Kier alpha value is -2.06. The Morgan fingerprint density at radius 1 is 1.07 bits per heavy atom. The maximum atomic E-state index is 4.87. The van der Waals surface area contributed by atoms with Crippen LogP contribution in [0.1, 0.15) is 6.92 Å². The van der Waals surface area contributed by atoms with Crippen molar-refractivity contribution in [3.63, 3.8) is 0 Å². The van der Waals surface area contributed by atoms with E-state index in [1.807, 2.05) is 13.0 Å². The highest BCUT2D eigenvalue weighted by Crippen LogP contribution is 2.04. The maximum absolute atomic E-state index is 4.87. The summed E-state index contributed by atoms with van der Waals surface area (Å²) in [5.41, 5.74) is 0. The SMILES string of the molecule is CC=CC#CC#CC#CC#C[C@H]1CO1. The largest absolute Gasteiger partial charge is 0.359 e. The van der Waals surface area contributed by atoms with Crippen molar-refractivity contribution in [1.29, 1.82) is 0 Å². The van der Waals surface area contributed by atoms with Gasteiger partial charge in [-0.1, -0.05) is 17.9 Å². The molecule has 0 spiro atoms. The lowest BCUT2D eigenvalue weighted by molar-refractivity contribution is 0.445. The van der Waals surface area contributed by atoms with E-state index in [0.717, 1.165) is 6.61 Å². The van der Waals surface area contributed by atoms with Gasteiger partial charge in [-0.05, 0) is 48.5 Å². The third kappa shape index (κ3) is 5.57. The molecule has 0 saturated carbocycles. The first kappa shape index (κ1) is 10.0. The number of hydrogen-bond donors (Lipinski definition) is 0. The van der Waals surface area contributed by atoms with Gasteiger partial charge in [0.05, 0.1) is 6.61 Å². The van der Waals surface area contributed by atoms with Gasteiger partial charge in [0.15, 0.2) is 0 Å². The molecule has 1 heteroatoms. The fourth-order valence-corrected chi connectivity index (χ4v) is 0.534. The fraction of sp³-hybridized carbons (Fsp3) is 0.231. The summed E-state index contributed by atoms with van der Waals surface area (Å²) >= 11 is 0. The molecule has 1 fully saturated rings. The normalized spacial score (nSPS) is 15.9. The lowest BCUT2D eigenvalue weighted by Crippen LogP contribution is -1.71. The van der Waals surface area contributed by atoms with Gasteiger partial charge in [0.1, 0.15) is 6.10 Å². The molecule has 0 aromatic rings. The molecule has 66 valence electrons. The summed E-state index contributed by atoms with van der Waals surface area (Å²) in [6, 6.07) is 0. The molecular formula is C13H8O. The summed E-state index contributed by atoms with van der Waals surface area (Å²) in [5, 5.41) is 0. The van der Waals surface area contributed by atoms with E-state index in [1.54, 1.807) is 6.08 Å². The van der Waals surface area contributed by atoms with Crippen LogP contribution in [0.5, 0.6) is 0 Å². The standard InChI is InChI=1S/C13H8O/c1-2-3-4-5-6-7-8-9-10-11-13-12-14-13/h2-3,13H,12H2,1H3/t13-/m0/s1. The molecule has 1 heterocycles. The van der Waals surface area contributed by atoms with E-state index in [0.29, 0.717) is 0 Å². The minimum absolute atomic E-state index is 0.103. The van der Waals surface area contributed by atoms with E-state index in [2.05, 4.69) is 47.4 Å². The smallest absolute Gasteiger partial charge is 0.142 e. The van der Waals surface area contributed by atoms with Gasteiger partial charge in [-0.3, -0.25) is 0 Å². The van der Waals surface area contributed by atoms with Crippen LogP contribution in [0.15, 0.2) is 12.2 Å². The van der Waals surface area contributed by atoms with Crippen molar-refractivity contribution in [1.82, 2.24) is 0 Å². The summed E-state index contributed by atoms with van der Waals surface area (Å²) in [6.45, 7) is 2.63. The molecule has 14 heavy (non-hydrogen) atoms. The molecule has 1 atom stereocenters. The van der Waals surface area contributed by atoms with Crippen LogP contribution in [0.3, 0.4) is 0 Å². The minimum Gasteiger partial charge on any atom is -0.359 e. The van der Waals surface area contributed by atoms with Crippen LogP contribution in [-0.4, -0.2) is 12.7 Å². The van der Waals surface area contributed by atoms with Gasteiger partial charge in [-0.15, -0.1) is 0 Å². The van der Waals surface area contributed by atoms with Crippen molar-refractivity contribution in [2.45, 2.75) is 13.0 Å². The Labute approximate surface area is 84.5 Å². The van der Waals surface area contributed by atoms with Crippen LogP contribution in [-0.2, 0) is 4.74 Å². The minimum atomic E-state index is 0.103. The van der Waals surface area contributed by atoms with E-state index in [1.165, 1.54) is 0 Å². The van der Waals surface area contributed by atoms with Gasteiger partial charge < -0.3 is 4.74 Å². The Morgan fingerprint density at radius 2 is 1.71 bits per heavy atom. The summed E-state index contributed by atoms with van der Waals surface area (Å²) in [6.07, 6.45) is 3.68. The summed E-state index contributed by atoms with van der Waals surface area (Å²) < 4.78 is 4.87.